The van der Waals surface area contributed by atoms with Gasteiger partial charge in [0.05, 0.1) is 6.61 Å². The molecule has 0 unspecified atom stereocenters. The van der Waals surface area contributed by atoms with Crippen LogP contribution in [0.3, 0.4) is 0 Å². The molecule has 25 heavy (non-hydrogen) atoms. The molecule has 0 bridgehead atoms. The number of aromatic amines is 1. The number of nitrogens with zero attached hydrogens (tertiary/aromatic N) is 3. The minimum absolute atomic E-state index is 0.0158. The summed E-state index contributed by atoms with van der Waals surface area (Å²) >= 11 is 0. The molecule has 1 aromatic rings. The summed E-state index contributed by atoms with van der Waals surface area (Å²) in [6.45, 7) is 3.96. The van der Waals surface area contributed by atoms with Crippen LogP contribution >= 0.6 is 0 Å². The molecule has 2 N–H and O–H groups in total. The fraction of sp³-hybridized carbons (Fsp3) is 0.778. The maximum Gasteiger partial charge on any atom is 0.274 e. The van der Waals surface area contributed by atoms with Gasteiger partial charge in [-0.05, 0) is 44.6 Å². The van der Waals surface area contributed by atoms with E-state index in [4.69, 9.17) is 4.74 Å². The molecule has 7 nitrogen and oxygen atoms in total. The summed E-state index contributed by atoms with van der Waals surface area (Å²) in [5, 5.41) is 17.0. The van der Waals surface area contributed by atoms with Crippen molar-refractivity contribution in [1.82, 2.24) is 20.0 Å². The second kappa shape index (κ2) is 8.29. The van der Waals surface area contributed by atoms with E-state index in [9.17, 15) is 9.90 Å². The zero-order valence-corrected chi connectivity index (χ0v) is 15.3. The number of piperidine rings is 1. The third-order valence-electron chi connectivity index (χ3n) is 5.43. The van der Waals surface area contributed by atoms with Crippen LogP contribution in [0.5, 0.6) is 0 Å². The van der Waals surface area contributed by atoms with Crippen molar-refractivity contribution in [2.45, 2.75) is 25.7 Å². The molecule has 140 valence electrons. The molecule has 2 atom stereocenters. The first-order chi connectivity index (χ1) is 12.1. The second-order valence-corrected chi connectivity index (χ2v) is 7.50. The number of H-pyrrole nitrogens is 1. The summed E-state index contributed by atoms with van der Waals surface area (Å²) in [6.07, 6.45) is 3.97. The van der Waals surface area contributed by atoms with Crippen LogP contribution in [0, 0.1) is 11.8 Å². The quantitative estimate of drug-likeness (QED) is 0.750. The van der Waals surface area contributed by atoms with Crippen LogP contribution in [0.25, 0.3) is 0 Å². The average Bonchev–Trinajstić information content (AvgIpc) is 3.22. The third-order valence-corrected chi connectivity index (χ3v) is 5.43. The number of likely N-dealkylation sites (N-methyl/N-ethyl adjacent to an activating group) is 1. The molecule has 2 aliphatic rings. The first-order valence-electron chi connectivity index (χ1n) is 9.26. The number of ether oxygens (including phenoxy) is 1. The number of nitrogens with one attached hydrogen (secondary N) is 1. The molecule has 1 fully saturated rings. The molecule has 1 aliphatic heterocycles. The molecule has 3 rings (SSSR count). The van der Waals surface area contributed by atoms with Crippen LogP contribution in [0.2, 0.25) is 0 Å². The Bertz CT molecular complexity index is 589. The normalized spacial score (nSPS) is 23.3. The minimum atomic E-state index is 0.0158. The van der Waals surface area contributed by atoms with Crippen LogP contribution in [0.4, 0.5) is 0 Å². The number of aliphatic hydroxyl groups excluding tert-OH is 1. The number of hydrogen-bond donors (Lipinski definition) is 2. The van der Waals surface area contributed by atoms with Crippen LogP contribution in [-0.4, -0.2) is 84.6 Å². The van der Waals surface area contributed by atoms with Crippen molar-refractivity contribution in [2.24, 2.45) is 11.8 Å². The SMILES string of the molecule is COCCN(C)C[C@@H]1C[C@@H](CO)CN(C(=O)c2n[nH]c3c2CCC3)C1. The van der Waals surface area contributed by atoms with Gasteiger partial charge in [0.25, 0.3) is 5.91 Å². The topological polar surface area (TPSA) is 81.7 Å². The fourth-order valence-corrected chi connectivity index (χ4v) is 4.17. The van der Waals surface area contributed by atoms with E-state index in [0.29, 0.717) is 24.8 Å². The number of aromatic nitrogens is 2. The summed E-state index contributed by atoms with van der Waals surface area (Å²) in [5.74, 6) is 0.524. The smallest absolute Gasteiger partial charge is 0.274 e. The van der Waals surface area contributed by atoms with Gasteiger partial charge in [-0.2, -0.15) is 5.10 Å². The van der Waals surface area contributed by atoms with Gasteiger partial charge in [0.2, 0.25) is 0 Å². The van der Waals surface area contributed by atoms with E-state index in [1.807, 2.05) is 4.90 Å². The Morgan fingerprint density at radius 1 is 1.40 bits per heavy atom. The monoisotopic (exact) mass is 350 g/mol. The lowest BCUT2D eigenvalue weighted by Gasteiger charge is -2.38. The molecular formula is C18H30N4O3. The Morgan fingerprint density at radius 2 is 2.20 bits per heavy atom. The van der Waals surface area contributed by atoms with Crippen LogP contribution in [0.1, 0.15) is 34.6 Å². The van der Waals surface area contributed by atoms with Crippen LogP contribution in [0.15, 0.2) is 0 Å². The largest absolute Gasteiger partial charge is 0.396 e. The summed E-state index contributed by atoms with van der Waals surface area (Å²) in [4.78, 5) is 17.1. The van der Waals surface area contributed by atoms with Gasteiger partial charge in [0.1, 0.15) is 0 Å². The Labute approximate surface area is 149 Å². The maximum atomic E-state index is 13.0. The number of fused-ring (bicyclic) bond motifs is 1. The molecule has 0 aromatic carbocycles. The highest BCUT2D eigenvalue weighted by Gasteiger charge is 2.33. The minimum Gasteiger partial charge on any atom is -0.396 e. The Kier molecular flexibility index (Phi) is 6.09. The first-order valence-corrected chi connectivity index (χ1v) is 9.26. The molecule has 1 aliphatic carbocycles. The highest BCUT2D eigenvalue weighted by molar-refractivity contribution is 5.94. The van der Waals surface area contributed by atoms with Crippen molar-refractivity contribution in [2.75, 3.05) is 53.6 Å². The molecule has 0 radical (unpaired) electrons. The number of carbonyl (C=O) groups excluding carboxylic acids is 1. The summed E-state index contributed by atoms with van der Waals surface area (Å²) in [7, 11) is 3.79. The van der Waals surface area contributed by atoms with Gasteiger partial charge in [0, 0.05) is 51.2 Å². The lowest BCUT2D eigenvalue weighted by Crippen LogP contribution is -2.48. The standard InChI is InChI=1S/C18H30N4O3/c1-21(6-7-25-2)9-13-8-14(12-23)11-22(10-13)18(24)17-15-4-3-5-16(15)19-20-17/h13-14,23H,3-12H2,1-2H3,(H,19,20)/t13-,14+/m0/s1. The van der Waals surface area contributed by atoms with Gasteiger partial charge >= 0.3 is 0 Å². The molecule has 0 spiro atoms. The predicted octanol–water partition coefficient (Wildman–Crippen LogP) is 0.547. The number of aliphatic hydroxyl groups is 1. The van der Waals surface area contributed by atoms with E-state index in [2.05, 4.69) is 22.1 Å². The number of carbonyl (C=O) groups is 1. The molecule has 1 amide bonds. The summed E-state index contributed by atoms with van der Waals surface area (Å²) < 4.78 is 5.14. The number of hydrogen-bond acceptors (Lipinski definition) is 5. The van der Waals surface area contributed by atoms with E-state index in [1.165, 1.54) is 0 Å². The Morgan fingerprint density at radius 3 is 2.96 bits per heavy atom. The van der Waals surface area contributed by atoms with Crippen molar-refractivity contribution < 1.29 is 14.6 Å². The van der Waals surface area contributed by atoms with Crippen molar-refractivity contribution in [3.05, 3.63) is 17.0 Å². The van der Waals surface area contributed by atoms with E-state index >= 15 is 0 Å². The molecule has 0 saturated carbocycles. The van der Waals surface area contributed by atoms with Crippen molar-refractivity contribution in [3.8, 4) is 0 Å². The third kappa shape index (κ3) is 4.22. The Hall–Kier alpha value is -1.44. The molecule has 7 heteroatoms. The number of aryl methyl sites for hydroxylation is 1. The van der Waals surface area contributed by atoms with E-state index in [0.717, 1.165) is 56.6 Å². The molecule has 2 heterocycles. The molecular weight excluding hydrogens is 320 g/mol. The Balaban J connectivity index is 1.66. The van der Waals surface area contributed by atoms with Crippen molar-refractivity contribution in [1.29, 1.82) is 0 Å². The van der Waals surface area contributed by atoms with Gasteiger partial charge in [-0.3, -0.25) is 9.89 Å². The molecule has 1 aromatic heterocycles. The highest BCUT2D eigenvalue weighted by atomic mass is 16.5. The number of likely N-dealkylation sites (tertiary alicyclic amines) is 1. The lowest BCUT2D eigenvalue weighted by atomic mass is 9.89. The van der Waals surface area contributed by atoms with Gasteiger partial charge in [-0.25, -0.2) is 0 Å². The van der Waals surface area contributed by atoms with Gasteiger partial charge in [-0.15, -0.1) is 0 Å². The number of amides is 1. The van der Waals surface area contributed by atoms with Crippen LogP contribution < -0.4 is 0 Å². The number of rotatable bonds is 7. The predicted molar refractivity (Wildman–Crippen MR) is 94.6 cm³/mol. The van der Waals surface area contributed by atoms with E-state index in [-0.39, 0.29) is 18.4 Å². The summed E-state index contributed by atoms with van der Waals surface area (Å²) in [6, 6.07) is 0. The summed E-state index contributed by atoms with van der Waals surface area (Å²) in [5.41, 5.74) is 2.82. The highest BCUT2D eigenvalue weighted by Crippen LogP contribution is 2.27. The fourth-order valence-electron chi connectivity index (χ4n) is 4.17. The zero-order valence-electron chi connectivity index (χ0n) is 15.3. The second-order valence-electron chi connectivity index (χ2n) is 7.50. The lowest BCUT2D eigenvalue weighted by molar-refractivity contribution is 0.0445. The zero-order chi connectivity index (χ0) is 17.8. The maximum absolute atomic E-state index is 13.0. The van der Waals surface area contributed by atoms with Crippen molar-refractivity contribution >= 4 is 5.91 Å². The van der Waals surface area contributed by atoms with Crippen molar-refractivity contribution in [3.63, 3.8) is 0 Å². The van der Waals surface area contributed by atoms with Gasteiger partial charge in [-0.1, -0.05) is 0 Å². The van der Waals surface area contributed by atoms with Crippen LogP contribution in [-0.2, 0) is 17.6 Å². The molecule has 1 saturated heterocycles. The number of methoxy groups -OCH3 is 1. The van der Waals surface area contributed by atoms with Gasteiger partial charge < -0.3 is 19.6 Å². The van der Waals surface area contributed by atoms with E-state index in [1.54, 1.807) is 7.11 Å². The van der Waals surface area contributed by atoms with Gasteiger partial charge in [0.15, 0.2) is 5.69 Å². The average molecular weight is 350 g/mol. The van der Waals surface area contributed by atoms with E-state index < -0.39 is 0 Å². The first kappa shape index (κ1) is 18.4.